The van der Waals surface area contributed by atoms with Crippen molar-refractivity contribution >= 4 is 17.5 Å². The Morgan fingerprint density at radius 3 is 2.88 bits per heavy atom. The van der Waals surface area contributed by atoms with Crippen molar-refractivity contribution in [2.75, 3.05) is 5.32 Å². The number of pyridine rings is 2. The zero-order chi connectivity index (χ0) is 17.6. The molecule has 124 valence electrons. The molecular weight excluding hydrogens is 318 g/mol. The Morgan fingerprint density at radius 1 is 1.24 bits per heavy atom. The Kier molecular flexibility index (Phi) is 3.42. The number of hydrogen-bond acceptors (Lipinski definition) is 5. The van der Waals surface area contributed by atoms with E-state index in [2.05, 4.69) is 20.4 Å². The first kappa shape index (κ1) is 15.2. The maximum absolute atomic E-state index is 12.7. The molecule has 1 aliphatic rings. The van der Waals surface area contributed by atoms with Gasteiger partial charge < -0.3 is 5.32 Å². The molecule has 0 aromatic carbocycles. The number of ketones is 1. The van der Waals surface area contributed by atoms with Gasteiger partial charge in [0, 0.05) is 36.5 Å². The predicted molar refractivity (Wildman–Crippen MR) is 91.4 cm³/mol. The molecule has 0 radical (unpaired) electrons. The number of hydrogen-bond donors (Lipinski definition) is 1. The van der Waals surface area contributed by atoms with E-state index in [1.54, 1.807) is 36.1 Å². The van der Waals surface area contributed by atoms with E-state index in [4.69, 9.17) is 0 Å². The largest absolute Gasteiger partial charge is 0.305 e. The van der Waals surface area contributed by atoms with Crippen LogP contribution >= 0.6 is 0 Å². The van der Waals surface area contributed by atoms with Crippen LogP contribution in [-0.2, 0) is 13.5 Å². The van der Waals surface area contributed by atoms with Crippen LogP contribution in [0.25, 0.3) is 11.4 Å². The first-order valence-electron chi connectivity index (χ1n) is 7.84. The topological polar surface area (TPSA) is 89.8 Å². The molecule has 4 rings (SSSR count). The van der Waals surface area contributed by atoms with Crippen LogP contribution in [0.15, 0.2) is 36.5 Å². The molecule has 0 saturated heterocycles. The molecule has 1 aliphatic carbocycles. The van der Waals surface area contributed by atoms with Crippen molar-refractivity contribution in [1.29, 1.82) is 0 Å². The van der Waals surface area contributed by atoms with Crippen molar-refractivity contribution in [3.05, 3.63) is 59.0 Å². The van der Waals surface area contributed by atoms with Gasteiger partial charge in [-0.1, -0.05) is 6.07 Å². The van der Waals surface area contributed by atoms with E-state index in [1.165, 1.54) is 0 Å². The number of aryl methyl sites for hydroxylation is 2. The van der Waals surface area contributed by atoms with Crippen molar-refractivity contribution in [2.45, 2.75) is 13.3 Å². The van der Waals surface area contributed by atoms with E-state index in [0.717, 1.165) is 5.69 Å². The number of nitrogens with zero attached hydrogens (tertiary/aromatic N) is 4. The van der Waals surface area contributed by atoms with E-state index < -0.39 is 0 Å². The lowest BCUT2D eigenvalue weighted by atomic mass is 9.91. The number of Topliss-reactive ketones (excluding diaryl/α,β-unsaturated/α-hetero) is 1. The molecule has 1 amide bonds. The SMILES string of the molecule is Cc1cccc(NC(=O)c2nn(C)c3c2CC(=O)c2cccnc2-3)n1. The Morgan fingerprint density at radius 2 is 2.08 bits per heavy atom. The van der Waals surface area contributed by atoms with E-state index in [9.17, 15) is 9.59 Å². The lowest BCUT2D eigenvalue weighted by Crippen LogP contribution is -2.19. The Bertz CT molecular complexity index is 1020. The van der Waals surface area contributed by atoms with E-state index >= 15 is 0 Å². The van der Waals surface area contributed by atoms with Crippen molar-refractivity contribution < 1.29 is 9.59 Å². The van der Waals surface area contributed by atoms with Gasteiger partial charge >= 0.3 is 0 Å². The molecular formula is C18H15N5O2. The van der Waals surface area contributed by atoms with E-state index in [0.29, 0.717) is 28.3 Å². The summed E-state index contributed by atoms with van der Waals surface area (Å²) in [5, 5.41) is 7.07. The van der Waals surface area contributed by atoms with Gasteiger partial charge in [0.1, 0.15) is 5.82 Å². The number of carbonyl (C=O) groups is 2. The molecule has 0 unspecified atom stereocenters. The maximum Gasteiger partial charge on any atom is 0.277 e. The molecule has 0 fully saturated rings. The fourth-order valence-corrected chi connectivity index (χ4v) is 3.08. The summed E-state index contributed by atoms with van der Waals surface area (Å²) in [6, 6.07) is 8.85. The predicted octanol–water partition coefficient (Wildman–Crippen LogP) is 2.18. The van der Waals surface area contributed by atoms with Crippen LogP contribution in [0.4, 0.5) is 5.82 Å². The van der Waals surface area contributed by atoms with Crippen LogP contribution in [0.2, 0.25) is 0 Å². The molecule has 0 saturated carbocycles. The van der Waals surface area contributed by atoms with Gasteiger partial charge in [-0.2, -0.15) is 5.10 Å². The zero-order valence-corrected chi connectivity index (χ0v) is 13.8. The molecule has 3 heterocycles. The average Bonchev–Trinajstić information content (AvgIpc) is 2.92. The van der Waals surface area contributed by atoms with Crippen LogP contribution < -0.4 is 5.32 Å². The van der Waals surface area contributed by atoms with Gasteiger partial charge in [0.15, 0.2) is 11.5 Å². The highest BCUT2D eigenvalue weighted by Crippen LogP contribution is 2.33. The summed E-state index contributed by atoms with van der Waals surface area (Å²) in [6.45, 7) is 1.85. The fourth-order valence-electron chi connectivity index (χ4n) is 3.08. The number of rotatable bonds is 2. The van der Waals surface area contributed by atoms with Gasteiger partial charge in [0.25, 0.3) is 5.91 Å². The van der Waals surface area contributed by atoms with Crippen molar-refractivity contribution in [3.63, 3.8) is 0 Å². The molecule has 0 aliphatic heterocycles. The molecule has 0 atom stereocenters. The van der Waals surface area contributed by atoms with Crippen LogP contribution in [0, 0.1) is 6.92 Å². The van der Waals surface area contributed by atoms with Gasteiger partial charge in [0.05, 0.1) is 11.4 Å². The Balaban J connectivity index is 1.77. The lowest BCUT2D eigenvalue weighted by Gasteiger charge is -2.15. The zero-order valence-electron chi connectivity index (χ0n) is 13.8. The number of nitrogens with one attached hydrogen (secondary N) is 1. The molecule has 0 spiro atoms. The molecule has 1 N–H and O–H groups in total. The minimum Gasteiger partial charge on any atom is -0.305 e. The number of carbonyl (C=O) groups excluding carboxylic acids is 2. The Hall–Kier alpha value is -3.35. The third-order valence-electron chi connectivity index (χ3n) is 4.16. The first-order valence-corrected chi connectivity index (χ1v) is 7.84. The summed E-state index contributed by atoms with van der Waals surface area (Å²) < 4.78 is 1.60. The third kappa shape index (κ3) is 2.50. The average molecular weight is 333 g/mol. The third-order valence-corrected chi connectivity index (χ3v) is 4.16. The molecule has 0 bridgehead atoms. The summed E-state index contributed by atoms with van der Waals surface area (Å²) in [5.74, 6) is -0.00136. The van der Waals surface area contributed by atoms with Crippen LogP contribution in [0.5, 0.6) is 0 Å². The van der Waals surface area contributed by atoms with Gasteiger partial charge in [0.2, 0.25) is 0 Å². The van der Waals surface area contributed by atoms with Crippen molar-refractivity contribution in [1.82, 2.24) is 19.7 Å². The van der Waals surface area contributed by atoms with Gasteiger partial charge in [-0.05, 0) is 31.2 Å². The molecule has 25 heavy (non-hydrogen) atoms. The number of amides is 1. The van der Waals surface area contributed by atoms with Crippen LogP contribution in [0.3, 0.4) is 0 Å². The monoisotopic (exact) mass is 333 g/mol. The summed E-state index contributed by atoms with van der Waals surface area (Å²) in [7, 11) is 1.74. The second kappa shape index (κ2) is 5.62. The minimum absolute atomic E-state index is 0.0636. The van der Waals surface area contributed by atoms with Gasteiger partial charge in [-0.3, -0.25) is 19.3 Å². The van der Waals surface area contributed by atoms with Gasteiger partial charge in [-0.15, -0.1) is 0 Å². The molecule has 7 nitrogen and oxygen atoms in total. The first-order chi connectivity index (χ1) is 12.0. The second-order valence-corrected chi connectivity index (χ2v) is 5.92. The second-order valence-electron chi connectivity index (χ2n) is 5.92. The fraction of sp³-hybridized carbons (Fsp3) is 0.167. The molecule has 3 aromatic heterocycles. The highest BCUT2D eigenvalue weighted by Gasteiger charge is 2.32. The summed E-state index contributed by atoms with van der Waals surface area (Å²) in [5.41, 5.74) is 3.46. The maximum atomic E-state index is 12.7. The van der Waals surface area contributed by atoms with Crippen molar-refractivity contribution in [2.24, 2.45) is 7.05 Å². The normalized spacial score (nSPS) is 12.5. The van der Waals surface area contributed by atoms with E-state index in [-0.39, 0.29) is 23.8 Å². The highest BCUT2D eigenvalue weighted by atomic mass is 16.2. The Labute approximate surface area is 143 Å². The lowest BCUT2D eigenvalue weighted by molar-refractivity contribution is 0.0991. The summed E-state index contributed by atoms with van der Waals surface area (Å²) in [4.78, 5) is 33.7. The number of fused-ring (bicyclic) bond motifs is 3. The number of aromatic nitrogens is 4. The van der Waals surface area contributed by atoms with Crippen molar-refractivity contribution in [3.8, 4) is 11.4 Å². The quantitative estimate of drug-likeness (QED) is 0.776. The smallest absolute Gasteiger partial charge is 0.277 e. The summed E-state index contributed by atoms with van der Waals surface area (Å²) in [6.07, 6.45) is 1.76. The van der Waals surface area contributed by atoms with Crippen LogP contribution in [0.1, 0.15) is 32.1 Å². The van der Waals surface area contributed by atoms with Gasteiger partial charge in [-0.25, -0.2) is 4.98 Å². The van der Waals surface area contributed by atoms with Crippen LogP contribution in [-0.4, -0.2) is 31.4 Å². The highest BCUT2D eigenvalue weighted by molar-refractivity contribution is 6.10. The number of anilines is 1. The molecule has 7 heteroatoms. The standard InChI is InChI=1S/C18H15N5O2/c1-10-5-3-7-14(20-10)21-18(25)16-12-9-13(24)11-6-4-8-19-15(11)17(12)23(2)22-16/h3-8H,9H2,1-2H3,(H,20,21,25). The van der Waals surface area contributed by atoms with E-state index in [1.807, 2.05) is 19.1 Å². The minimum atomic E-state index is -0.387. The molecule has 3 aromatic rings. The summed E-state index contributed by atoms with van der Waals surface area (Å²) >= 11 is 0.